The first-order chi connectivity index (χ1) is 13.8. The van der Waals surface area contributed by atoms with Gasteiger partial charge in [-0.15, -0.1) is 0 Å². The Balaban J connectivity index is 1.30. The Morgan fingerprint density at radius 3 is 2.71 bits per heavy atom. The minimum Gasteiger partial charge on any atom is -0.327 e. The van der Waals surface area contributed by atoms with Crippen molar-refractivity contribution in [2.45, 2.75) is 51.9 Å². The Hall–Kier alpha value is -2.17. The van der Waals surface area contributed by atoms with Crippen LogP contribution in [0.1, 0.15) is 36.7 Å². The fraction of sp³-hybridized carbons (Fsp3) is 0.458. The molecule has 1 saturated heterocycles. The van der Waals surface area contributed by atoms with Crippen molar-refractivity contribution in [3.8, 4) is 0 Å². The summed E-state index contributed by atoms with van der Waals surface area (Å²) in [5.74, 6) is 1.22. The summed E-state index contributed by atoms with van der Waals surface area (Å²) in [5, 5.41) is 0. The highest BCUT2D eigenvalue weighted by atomic mass is 15.2. The summed E-state index contributed by atoms with van der Waals surface area (Å²) in [6.07, 6.45) is 3.80. The SMILES string of the molecule is CCn1c(CN2CCC[C@H](N3CCc4ccccc4C3)C2)nc2ccccc21. The maximum absolute atomic E-state index is 4.95. The minimum atomic E-state index is 0.668. The highest BCUT2D eigenvalue weighted by Gasteiger charge is 2.28. The molecule has 3 aromatic rings. The van der Waals surface area contributed by atoms with E-state index in [4.69, 9.17) is 4.98 Å². The van der Waals surface area contributed by atoms with Gasteiger partial charge < -0.3 is 4.57 Å². The number of hydrogen-bond donors (Lipinski definition) is 0. The van der Waals surface area contributed by atoms with Crippen molar-refractivity contribution >= 4 is 11.0 Å². The van der Waals surface area contributed by atoms with Crippen LogP contribution in [0.2, 0.25) is 0 Å². The number of likely N-dealkylation sites (tertiary alicyclic amines) is 1. The molecule has 0 bridgehead atoms. The summed E-state index contributed by atoms with van der Waals surface area (Å²) in [7, 11) is 0. The second-order valence-electron chi connectivity index (χ2n) is 8.28. The van der Waals surface area contributed by atoms with Crippen LogP contribution < -0.4 is 0 Å². The number of para-hydroxylation sites is 2. The lowest BCUT2D eigenvalue weighted by Gasteiger charge is -2.41. The summed E-state index contributed by atoms with van der Waals surface area (Å²) >= 11 is 0. The van der Waals surface area contributed by atoms with Gasteiger partial charge in [0.05, 0.1) is 17.6 Å². The van der Waals surface area contributed by atoms with Gasteiger partial charge in [-0.2, -0.15) is 0 Å². The number of rotatable bonds is 4. The third-order valence-corrected chi connectivity index (χ3v) is 6.57. The van der Waals surface area contributed by atoms with E-state index in [2.05, 4.69) is 69.8 Å². The number of benzene rings is 2. The van der Waals surface area contributed by atoms with Gasteiger partial charge in [-0.05, 0) is 56.0 Å². The molecular weight excluding hydrogens is 344 g/mol. The lowest BCUT2D eigenvalue weighted by molar-refractivity contribution is 0.0820. The van der Waals surface area contributed by atoms with Crippen molar-refractivity contribution in [1.82, 2.24) is 19.4 Å². The highest BCUT2D eigenvalue weighted by Crippen LogP contribution is 2.25. The molecule has 4 heteroatoms. The number of fused-ring (bicyclic) bond motifs is 2. The van der Waals surface area contributed by atoms with Crippen LogP contribution in [-0.4, -0.2) is 45.0 Å². The maximum Gasteiger partial charge on any atom is 0.124 e. The number of imidazole rings is 1. The third-order valence-electron chi connectivity index (χ3n) is 6.57. The normalized spacial score (nSPS) is 21.1. The molecule has 0 unspecified atom stereocenters. The van der Waals surface area contributed by atoms with Gasteiger partial charge in [-0.3, -0.25) is 9.80 Å². The lowest BCUT2D eigenvalue weighted by Crippen LogP contribution is -2.49. The van der Waals surface area contributed by atoms with E-state index < -0.39 is 0 Å². The molecule has 146 valence electrons. The van der Waals surface area contributed by atoms with Crippen LogP contribution in [0, 0.1) is 0 Å². The summed E-state index contributed by atoms with van der Waals surface area (Å²) < 4.78 is 2.39. The quantitative estimate of drug-likeness (QED) is 0.688. The van der Waals surface area contributed by atoms with E-state index in [-0.39, 0.29) is 0 Å². The molecule has 5 rings (SSSR count). The first-order valence-electron chi connectivity index (χ1n) is 10.8. The molecule has 2 aliphatic rings. The summed E-state index contributed by atoms with van der Waals surface area (Å²) in [5.41, 5.74) is 5.46. The molecule has 1 atom stereocenters. The number of nitrogens with zero attached hydrogens (tertiary/aromatic N) is 4. The van der Waals surface area contributed by atoms with Gasteiger partial charge in [0.2, 0.25) is 0 Å². The van der Waals surface area contributed by atoms with Gasteiger partial charge in [-0.25, -0.2) is 4.98 Å². The molecule has 1 aromatic heterocycles. The van der Waals surface area contributed by atoms with Gasteiger partial charge in [0.15, 0.2) is 0 Å². The van der Waals surface area contributed by atoms with Crippen LogP contribution in [-0.2, 0) is 26.1 Å². The molecule has 0 amide bonds. The van der Waals surface area contributed by atoms with Crippen molar-refractivity contribution in [3.05, 3.63) is 65.5 Å². The third kappa shape index (κ3) is 3.36. The Kier molecular flexibility index (Phi) is 4.91. The molecule has 0 spiro atoms. The number of aromatic nitrogens is 2. The molecule has 3 heterocycles. The van der Waals surface area contributed by atoms with Gasteiger partial charge in [-0.1, -0.05) is 36.4 Å². The van der Waals surface area contributed by atoms with E-state index in [9.17, 15) is 0 Å². The highest BCUT2D eigenvalue weighted by molar-refractivity contribution is 5.75. The lowest BCUT2D eigenvalue weighted by atomic mass is 9.96. The zero-order chi connectivity index (χ0) is 18.9. The smallest absolute Gasteiger partial charge is 0.124 e. The first-order valence-corrected chi connectivity index (χ1v) is 10.8. The average Bonchev–Trinajstić information content (AvgIpc) is 3.10. The molecular formula is C24H30N4. The van der Waals surface area contributed by atoms with Crippen molar-refractivity contribution in [1.29, 1.82) is 0 Å². The van der Waals surface area contributed by atoms with Crippen molar-refractivity contribution < 1.29 is 0 Å². The Morgan fingerprint density at radius 2 is 1.82 bits per heavy atom. The second kappa shape index (κ2) is 7.69. The van der Waals surface area contributed by atoms with Crippen LogP contribution in [0.4, 0.5) is 0 Å². The van der Waals surface area contributed by atoms with Crippen molar-refractivity contribution in [2.24, 2.45) is 0 Å². The molecule has 1 fully saturated rings. The van der Waals surface area contributed by atoms with Crippen LogP contribution in [0.3, 0.4) is 0 Å². The Bertz CT molecular complexity index is 960. The zero-order valence-corrected chi connectivity index (χ0v) is 16.8. The standard InChI is InChI=1S/C24H30N4/c1-2-28-23-12-6-5-11-22(23)25-24(28)18-26-14-7-10-21(17-26)27-15-13-19-8-3-4-9-20(19)16-27/h3-6,8-9,11-12,21H,2,7,10,13-18H2,1H3/t21-/m0/s1. The predicted octanol–water partition coefficient (Wildman–Crippen LogP) is 4.08. The average molecular weight is 375 g/mol. The van der Waals surface area contributed by atoms with E-state index in [1.165, 1.54) is 49.3 Å². The largest absolute Gasteiger partial charge is 0.327 e. The summed E-state index contributed by atoms with van der Waals surface area (Å²) in [6, 6.07) is 18.2. The topological polar surface area (TPSA) is 24.3 Å². The van der Waals surface area contributed by atoms with E-state index >= 15 is 0 Å². The van der Waals surface area contributed by atoms with E-state index in [0.29, 0.717) is 6.04 Å². The summed E-state index contributed by atoms with van der Waals surface area (Å²) in [6.45, 7) is 8.83. The fourth-order valence-electron chi connectivity index (χ4n) is 5.10. The molecule has 28 heavy (non-hydrogen) atoms. The molecule has 0 N–H and O–H groups in total. The first kappa shape index (κ1) is 17.9. The van der Waals surface area contributed by atoms with Gasteiger partial charge in [0, 0.05) is 32.2 Å². The number of aryl methyl sites for hydroxylation is 1. The van der Waals surface area contributed by atoms with Crippen molar-refractivity contribution in [2.75, 3.05) is 19.6 Å². The van der Waals surface area contributed by atoms with E-state index in [1.54, 1.807) is 5.56 Å². The molecule has 0 aliphatic carbocycles. The Labute approximate surface area is 167 Å². The van der Waals surface area contributed by atoms with Crippen molar-refractivity contribution in [3.63, 3.8) is 0 Å². The molecule has 0 saturated carbocycles. The maximum atomic E-state index is 4.95. The monoisotopic (exact) mass is 374 g/mol. The van der Waals surface area contributed by atoms with Crippen LogP contribution in [0.25, 0.3) is 11.0 Å². The molecule has 2 aromatic carbocycles. The van der Waals surface area contributed by atoms with E-state index in [0.717, 1.165) is 31.7 Å². The summed E-state index contributed by atoms with van der Waals surface area (Å²) in [4.78, 5) is 10.3. The predicted molar refractivity (Wildman–Crippen MR) is 114 cm³/mol. The van der Waals surface area contributed by atoms with Crippen LogP contribution >= 0.6 is 0 Å². The van der Waals surface area contributed by atoms with Crippen LogP contribution in [0.5, 0.6) is 0 Å². The fourth-order valence-corrected chi connectivity index (χ4v) is 5.10. The number of piperidine rings is 1. The van der Waals surface area contributed by atoms with Gasteiger partial charge in [0.1, 0.15) is 5.82 Å². The van der Waals surface area contributed by atoms with Gasteiger partial charge in [0.25, 0.3) is 0 Å². The zero-order valence-electron chi connectivity index (χ0n) is 16.8. The molecule has 2 aliphatic heterocycles. The second-order valence-corrected chi connectivity index (χ2v) is 8.28. The number of hydrogen-bond acceptors (Lipinski definition) is 3. The molecule has 4 nitrogen and oxygen atoms in total. The van der Waals surface area contributed by atoms with E-state index in [1.807, 2.05) is 0 Å². The molecule has 0 radical (unpaired) electrons. The van der Waals surface area contributed by atoms with Gasteiger partial charge >= 0.3 is 0 Å². The minimum absolute atomic E-state index is 0.668. The Morgan fingerprint density at radius 1 is 1.00 bits per heavy atom. The van der Waals surface area contributed by atoms with Crippen LogP contribution in [0.15, 0.2) is 48.5 Å².